The molecule has 16 heavy (non-hydrogen) atoms. The molecule has 0 radical (unpaired) electrons. The van der Waals surface area contributed by atoms with E-state index in [1.165, 1.54) is 13.0 Å². The van der Waals surface area contributed by atoms with Gasteiger partial charge in [-0.3, -0.25) is 0 Å². The minimum atomic E-state index is -3.91. The Kier molecular flexibility index (Phi) is 3.98. The molecular formula is C10H12F2O3S. The lowest BCUT2D eigenvalue weighted by Gasteiger charge is -2.19. The van der Waals surface area contributed by atoms with Crippen molar-refractivity contribution in [1.29, 1.82) is 0 Å². The van der Waals surface area contributed by atoms with Crippen molar-refractivity contribution in [2.24, 2.45) is 0 Å². The summed E-state index contributed by atoms with van der Waals surface area (Å²) >= 11 is 1.02. The van der Waals surface area contributed by atoms with Gasteiger partial charge < -0.3 is 9.84 Å². The molecule has 0 bridgehead atoms. The van der Waals surface area contributed by atoms with Crippen LogP contribution in [-0.4, -0.2) is 23.6 Å². The van der Waals surface area contributed by atoms with Crippen LogP contribution in [0.3, 0.4) is 0 Å². The van der Waals surface area contributed by atoms with Gasteiger partial charge in [-0.2, -0.15) is 8.78 Å². The molecule has 0 fully saturated rings. The van der Waals surface area contributed by atoms with E-state index in [-0.39, 0.29) is 11.5 Å². The molecule has 0 aromatic carbocycles. The summed E-state index contributed by atoms with van der Waals surface area (Å²) in [6.45, 7) is 3.00. The minimum Gasteiger partial charge on any atom is -0.461 e. The Balaban J connectivity index is 2.87. The summed E-state index contributed by atoms with van der Waals surface area (Å²) in [5, 5.41) is 9.42. The highest BCUT2D eigenvalue weighted by Gasteiger charge is 2.49. The molecule has 0 amide bonds. The van der Waals surface area contributed by atoms with Gasteiger partial charge in [-0.25, -0.2) is 4.79 Å². The summed E-state index contributed by atoms with van der Waals surface area (Å²) in [5.74, 6) is -5.61. The molecule has 1 aromatic rings. The molecular weight excluding hydrogens is 238 g/mol. The molecule has 1 aromatic heterocycles. The fourth-order valence-electron chi connectivity index (χ4n) is 1.12. The molecule has 1 N–H and O–H groups in total. The number of hydrogen-bond donors (Lipinski definition) is 1. The van der Waals surface area contributed by atoms with E-state index in [1.807, 2.05) is 0 Å². The van der Waals surface area contributed by atoms with Crippen LogP contribution in [0.15, 0.2) is 12.1 Å². The Hall–Kier alpha value is -1.01. The van der Waals surface area contributed by atoms with Crippen LogP contribution >= 0.6 is 11.3 Å². The lowest BCUT2D eigenvalue weighted by Crippen LogP contribution is -2.37. The van der Waals surface area contributed by atoms with Gasteiger partial charge in [0.05, 0.1) is 6.61 Å². The van der Waals surface area contributed by atoms with Gasteiger partial charge in [0.25, 0.3) is 0 Å². The topological polar surface area (TPSA) is 46.5 Å². The largest absolute Gasteiger partial charge is 0.461 e. The van der Waals surface area contributed by atoms with E-state index in [0.717, 1.165) is 16.2 Å². The van der Waals surface area contributed by atoms with Crippen LogP contribution in [0.2, 0.25) is 0 Å². The van der Waals surface area contributed by atoms with Gasteiger partial charge in [0.1, 0.15) is 0 Å². The van der Waals surface area contributed by atoms with Crippen molar-refractivity contribution < 1.29 is 23.4 Å². The Morgan fingerprint density at radius 1 is 1.62 bits per heavy atom. The maximum Gasteiger partial charge on any atom is 0.380 e. The minimum absolute atomic E-state index is 0.0514. The summed E-state index contributed by atoms with van der Waals surface area (Å²) in [6, 6.07) is 2.97. The second-order valence-electron chi connectivity index (χ2n) is 3.19. The second-order valence-corrected chi connectivity index (χ2v) is 4.51. The van der Waals surface area contributed by atoms with Crippen molar-refractivity contribution in [3.63, 3.8) is 0 Å². The smallest absolute Gasteiger partial charge is 0.380 e. The standard InChI is InChI=1S/C10H12F2O3S/c1-3-15-9(14)10(11,12)8(13)7-5-4-6(2)16-7/h4-5,8,13H,3H2,1-2H3. The van der Waals surface area contributed by atoms with Crippen LogP contribution in [0.25, 0.3) is 0 Å². The molecule has 0 saturated heterocycles. The van der Waals surface area contributed by atoms with E-state index in [2.05, 4.69) is 4.74 Å². The van der Waals surface area contributed by atoms with Gasteiger partial charge in [-0.1, -0.05) is 0 Å². The molecule has 6 heteroatoms. The lowest BCUT2D eigenvalue weighted by atomic mass is 10.1. The highest BCUT2D eigenvalue weighted by molar-refractivity contribution is 7.12. The number of aryl methyl sites for hydroxylation is 1. The third-order valence-corrected chi connectivity index (χ3v) is 2.97. The molecule has 0 aliphatic carbocycles. The first-order chi connectivity index (χ1) is 7.39. The van der Waals surface area contributed by atoms with Gasteiger partial charge in [0.15, 0.2) is 6.10 Å². The average Bonchev–Trinajstić information content (AvgIpc) is 2.64. The second kappa shape index (κ2) is 4.88. The molecule has 0 spiro atoms. The zero-order valence-corrected chi connectivity index (χ0v) is 9.68. The highest BCUT2D eigenvalue weighted by Crippen LogP contribution is 2.35. The van der Waals surface area contributed by atoms with E-state index in [4.69, 9.17) is 0 Å². The summed E-state index contributed by atoms with van der Waals surface area (Å²) in [5.41, 5.74) is 0. The predicted octanol–water partition coefficient (Wildman–Crippen LogP) is 2.29. The van der Waals surface area contributed by atoms with Gasteiger partial charge in [0.2, 0.25) is 0 Å². The van der Waals surface area contributed by atoms with Gasteiger partial charge >= 0.3 is 11.9 Å². The number of carbonyl (C=O) groups is 1. The van der Waals surface area contributed by atoms with Crippen LogP contribution in [0, 0.1) is 6.92 Å². The molecule has 1 rings (SSSR count). The fraction of sp³-hybridized carbons (Fsp3) is 0.500. The van der Waals surface area contributed by atoms with E-state index in [0.29, 0.717) is 0 Å². The van der Waals surface area contributed by atoms with Crippen molar-refractivity contribution in [1.82, 2.24) is 0 Å². The number of halogens is 2. The molecule has 0 aliphatic rings. The first-order valence-corrected chi connectivity index (χ1v) is 5.50. The van der Waals surface area contributed by atoms with Crippen LogP contribution in [0.5, 0.6) is 0 Å². The van der Waals surface area contributed by atoms with Gasteiger partial charge in [-0.15, -0.1) is 11.3 Å². The maximum atomic E-state index is 13.4. The number of carbonyl (C=O) groups excluding carboxylic acids is 1. The van der Waals surface area contributed by atoms with Crippen molar-refractivity contribution in [2.45, 2.75) is 25.9 Å². The van der Waals surface area contributed by atoms with Crippen LogP contribution < -0.4 is 0 Å². The van der Waals surface area contributed by atoms with E-state index in [9.17, 15) is 18.7 Å². The third kappa shape index (κ3) is 2.56. The Morgan fingerprint density at radius 2 is 2.25 bits per heavy atom. The molecule has 1 heterocycles. The SMILES string of the molecule is CCOC(=O)C(F)(F)C(O)c1ccc(C)s1. The monoisotopic (exact) mass is 250 g/mol. The summed E-state index contributed by atoms with van der Waals surface area (Å²) in [4.78, 5) is 11.8. The number of ether oxygens (including phenoxy) is 1. The number of thiophene rings is 1. The molecule has 1 unspecified atom stereocenters. The number of aliphatic hydroxyl groups is 1. The summed E-state index contributed by atoms with van der Waals surface area (Å²) in [7, 11) is 0. The first kappa shape index (κ1) is 13.1. The lowest BCUT2D eigenvalue weighted by molar-refractivity contribution is -0.188. The van der Waals surface area contributed by atoms with Crippen LogP contribution in [0.4, 0.5) is 8.78 Å². The fourth-order valence-corrected chi connectivity index (χ4v) is 2.02. The van der Waals surface area contributed by atoms with Crippen molar-refractivity contribution in [3.05, 3.63) is 21.9 Å². The summed E-state index contributed by atoms with van der Waals surface area (Å²) in [6.07, 6.45) is -2.15. The molecule has 0 aliphatic heterocycles. The predicted molar refractivity (Wildman–Crippen MR) is 55.6 cm³/mol. The Morgan fingerprint density at radius 3 is 2.69 bits per heavy atom. The Labute approximate surface area is 95.7 Å². The zero-order valence-electron chi connectivity index (χ0n) is 8.87. The van der Waals surface area contributed by atoms with Crippen molar-refractivity contribution >= 4 is 17.3 Å². The maximum absolute atomic E-state index is 13.4. The number of rotatable bonds is 4. The molecule has 1 atom stereocenters. The van der Waals surface area contributed by atoms with E-state index in [1.54, 1.807) is 13.0 Å². The highest BCUT2D eigenvalue weighted by atomic mass is 32.1. The normalized spacial score (nSPS) is 13.6. The van der Waals surface area contributed by atoms with Crippen molar-refractivity contribution in [2.75, 3.05) is 6.61 Å². The van der Waals surface area contributed by atoms with E-state index >= 15 is 0 Å². The average molecular weight is 250 g/mol. The number of hydrogen-bond acceptors (Lipinski definition) is 4. The van der Waals surface area contributed by atoms with Gasteiger partial charge in [-0.05, 0) is 26.0 Å². The first-order valence-electron chi connectivity index (χ1n) is 4.69. The van der Waals surface area contributed by atoms with Gasteiger partial charge in [0, 0.05) is 9.75 Å². The number of alkyl halides is 2. The van der Waals surface area contributed by atoms with Crippen molar-refractivity contribution in [3.8, 4) is 0 Å². The van der Waals surface area contributed by atoms with E-state index < -0.39 is 18.0 Å². The molecule has 90 valence electrons. The van der Waals surface area contributed by atoms with Crippen LogP contribution in [-0.2, 0) is 9.53 Å². The number of esters is 1. The quantitative estimate of drug-likeness (QED) is 0.834. The summed E-state index contributed by atoms with van der Waals surface area (Å²) < 4.78 is 31.0. The third-order valence-electron chi connectivity index (χ3n) is 1.92. The Bertz CT molecular complexity index is 376. The molecule has 3 nitrogen and oxygen atoms in total. The molecule has 0 saturated carbocycles. The van der Waals surface area contributed by atoms with Crippen LogP contribution in [0.1, 0.15) is 22.8 Å². The number of aliphatic hydroxyl groups excluding tert-OH is 1. The zero-order chi connectivity index (χ0) is 12.3.